The van der Waals surface area contributed by atoms with Crippen LogP contribution >= 0.6 is 0 Å². The molecule has 0 unspecified atom stereocenters. The normalized spacial score (nSPS) is 10.3. The highest BCUT2D eigenvalue weighted by molar-refractivity contribution is 5.90. The summed E-state index contributed by atoms with van der Waals surface area (Å²) < 4.78 is 15.1. The summed E-state index contributed by atoms with van der Waals surface area (Å²) in [6.45, 7) is 0. The van der Waals surface area contributed by atoms with Gasteiger partial charge in [-0.15, -0.1) is 0 Å². The fraction of sp³-hybridized carbons (Fsp3) is 0.0588. The minimum atomic E-state index is -0.862. The third-order valence-corrected chi connectivity index (χ3v) is 3.34. The van der Waals surface area contributed by atoms with Crippen LogP contribution in [0.15, 0.2) is 59.1 Å². The van der Waals surface area contributed by atoms with Crippen molar-refractivity contribution in [3.8, 4) is 22.8 Å². The number of carbonyl (C=O) groups is 1. The number of hydrogen-bond donors (Lipinski definition) is 0. The van der Waals surface area contributed by atoms with Gasteiger partial charge in [-0.1, -0.05) is 35.5 Å². The number of nitro groups is 1. The van der Waals surface area contributed by atoms with Crippen molar-refractivity contribution in [2.45, 2.75) is 0 Å². The first kappa shape index (κ1) is 16.2. The van der Waals surface area contributed by atoms with Crippen LogP contribution in [0.5, 0.6) is 11.5 Å². The van der Waals surface area contributed by atoms with E-state index in [4.69, 9.17) is 14.0 Å². The third-order valence-electron chi connectivity index (χ3n) is 3.34. The molecule has 126 valence electrons. The molecule has 1 aromatic heterocycles. The molecule has 0 saturated carbocycles. The number of nitrogens with zero attached hydrogens (tertiary/aromatic N) is 2. The number of esters is 1. The smallest absolute Gasteiger partial charge is 0.366 e. The number of ether oxygens (including phenoxy) is 2. The number of benzene rings is 2. The van der Waals surface area contributed by atoms with Crippen LogP contribution in [0.2, 0.25) is 0 Å². The van der Waals surface area contributed by atoms with Gasteiger partial charge in [-0.25, -0.2) is 4.79 Å². The first-order valence-corrected chi connectivity index (χ1v) is 7.15. The van der Waals surface area contributed by atoms with Crippen LogP contribution < -0.4 is 9.47 Å². The van der Waals surface area contributed by atoms with Crippen molar-refractivity contribution in [1.82, 2.24) is 5.16 Å². The first-order valence-electron chi connectivity index (χ1n) is 7.15. The molecule has 0 fully saturated rings. The summed E-state index contributed by atoms with van der Waals surface area (Å²) in [5.41, 5.74) is 0.257. The maximum Gasteiger partial charge on any atom is 0.366 e. The van der Waals surface area contributed by atoms with Gasteiger partial charge >= 0.3 is 11.7 Å². The first-order chi connectivity index (χ1) is 12.1. The van der Waals surface area contributed by atoms with E-state index in [1.807, 2.05) is 18.2 Å². The standard InChI is InChI=1S/C17H12N2O6/c1-23-12-7-8-15(14(9-12)19(21)22)24-17(20)13-10-16(25-18-13)11-5-3-2-4-6-11/h2-10H,1H3. The number of aromatic nitrogens is 1. The van der Waals surface area contributed by atoms with E-state index in [1.165, 1.54) is 31.4 Å². The molecule has 0 bridgehead atoms. The Morgan fingerprint density at radius 1 is 1.16 bits per heavy atom. The average molecular weight is 340 g/mol. The predicted molar refractivity (Wildman–Crippen MR) is 86.5 cm³/mol. The molecule has 8 nitrogen and oxygen atoms in total. The highest BCUT2D eigenvalue weighted by Gasteiger charge is 2.22. The molecule has 0 aliphatic heterocycles. The van der Waals surface area contributed by atoms with Gasteiger partial charge in [-0.05, 0) is 12.1 Å². The van der Waals surface area contributed by atoms with Gasteiger partial charge in [0.05, 0.1) is 18.1 Å². The van der Waals surface area contributed by atoms with E-state index in [0.29, 0.717) is 5.76 Å². The molecule has 0 spiro atoms. The average Bonchev–Trinajstić information content (AvgIpc) is 3.13. The molecule has 0 saturated heterocycles. The zero-order chi connectivity index (χ0) is 17.8. The SMILES string of the molecule is COc1ccc(OC(=O)c2cc(-c3ccccc3)on2)c([N+](=O)[O-])c1. The van der Waals surface area contributed by atoms with Gasteiger partial charge < -0.3 is 14.0 Å². The van der Waals surface area contributed by atoms with Crippen LogP contribution in [0.1, 0.15) is 10.5 Å². The summed E-state index contributed by atoms with van der Waals surface area (Å²) in [5.74, 6) is -0.407. The van der Waals surface area contributed by atoms with Crippen LogP contribution in [0, 0.1) is 10.1 Å². The third kappa shape index (κ3) is 3.47. The minimum absolute atomic E-state index is 0.0935. The van der Waals surface area contributed by atoms with Gasteiger partial charge in [0.2, 0.25) is 5.75 Å². The molecule has 3 rings (SSSR count). The lowest BCUT2D eigenvalue weighted by molar-refractivity contribution is -0.385. The zero-order valence-corrected chi connectivity index (χ0v) is 13.0. The predicted octanol–water partition coefficient (Wildman–Crippen LogP) is 3.48. The summed E-state index contributed by atoms with van der Waals surface area (Å²) in [5, 5.41) is 14.8. The van der Waals surface area contributed by atoms with E-state index in [2.05, 4.69) is 5.16 Å². The number of nitro benzene ring substituents is 1. The quantitative estimate of drug-likeness (QED) is 0.303. The maximum atomic E-state index is 12.2. The Hall–Kier alpha value is -3.68. The van der Waals surface area contributed by atoms with E-state index in [0.717, 1.165) is 5.56 Å². The molecule has 3 aromatic rings. The second kappa shape index (κ2) is 6.83. The highest BCUT2D eigenvalue weighted by Crippen LogP contribution is 2.31. The number of carbonyl (C=O) groups excluding carboxylic acids is 1. The van der Waals surface area contributed by atoms with Crippen molar-refractivity contribution in [2.24, 2.45) is 0 Å². The molecular weight excluding hydrogens is 328 g/mol. The van der Waals surface area contributed by atoms with E-state index < -0.39 is 10.9 Å². The van der Waals surface area contributed by atoms with Gasteiger partial charge in [0.1, 0.15) is 5.75 Å². The van der Waals surface area contributed by atoms with Gasteiger partial charge in [-0.2, -0.15) is 0 Å². The fourth-order valence-electron chi connectivity index (χ4n) is 2.12. The van der Waals surface area contributed by atoms with Crippen molar-refractivity contribution in [3.63, 3.8) is 0 Å². The Kier molecular flexibility index (Phi) is 4.42. The van der Waals surface area contributed by atoms with Gasteiger partial charge in [0.25, 0.3) is 0 Å². The Bertz CT molecular complexity index is 920. The zero-order valence-electron chi connectivity index (χ0n) is 13.0. The molecule has 0 atom stereocenters. The molecular formula is C17H12N2O6. The van der Waals surface area contributed by atoms with Crippen molar-refractivity contribution in [2.75, 3.05) is 7.11 Å². The summed E-state index contributed by atoms with van der Waals surface area (Å²) in [7, 11) is 1.38. The summed E-state index contributed by atoms with van der Waals surface area (Å²) in [6, 6.07) is 14.4. The van der Waals surface area contributed by atoms with Crippen molar-refractivity contribution < 1.29 is 23.7 Å². The van der Waals surface area contributed by atoms with Crippen molar-refractivity contribution in [1.29, 1.82) is 0 Å². The highest BCUT2D eigenvalue weighted by atomic mass is 16.6. The lowest BCUT2D eigenvalue weighted by Gasteiger charge is -2.05. The van der Waals surface area contributed by atoms with Crippen LogP contribution in [0.3, 0.4) is 0 Å². The Labute approximate surface area is 141 Å². The number of hydrogen-bond acceptors (Lipinski definition) is 7. The van der Waals surface area contributed by atoms with Gasteiger partial charge in [-0.3, -0.25) is 10.1 Å². The number of methoxy groups -OCH3 is 1. The molecule has 25 heavy (non-hydrogen) atoms. The number of rotatable bonds is 5. The Morgan fingerprint density at radius 3 is 2.60 bits per heavy atom. The molecule has 0 N–H and O–H groups in total. The lowest BCUT2D eigenvalue weighted by atomic mass is 10.2. The van der Waals surface area contributed by atoms with Crippen molar-refractivity contribution >= 4 is 11.7 Å². The molecule has 0 aliphatic carbocycles. The van der Waals surface area contributed by atoms with E-state index >= 15 is 0 Å². The van der Waals surface area contributed by atoms with Crippen LogP contribution in [0.25, 0.3) is 11.3 Å². The lowest BCUT2D eigenvalue weighted by Crippen LogP contribution is -2.10. The van der Waals surface area contributed by atoms with Gasteiger partial charge in [0, 0.05) is 11.6 Å². The fourth-order valence-corrected chi connectivity index (χ4v) is 2.12. The summed E-state index contributed by atoms with van der Waals surface area (Å²) >= 11 is 0. The van der Waals surface area contributed by atoms with E-state index in [9.17, 15) is 14.9 Å². The Morgan fingerprint density at radius 2 is 1.92 bits per heavy atom. The molecule has 0 aliphatic rings. The van der Waals surface area contributed by atoms with E-state index in [1.54, 1.807) is 12.1 Å². The monoisotopic (exact) mass is 340 g/mol. The summed E-state index contributed by atoms with van der Waals surface area (Å²) in [4.78, 5) is 22.6. The summed E-state index contributed by atoms with van der Waals surface area (Å²) in [6.07, 6.45) is 0. The minimum Gasteiger partial charge on any atom is -0.496 e. The topological polar surface area (TPSA) is 105 Å². The molecule has 0 radical (unpaired) electrons. The largest absolute Gasteiger partial charge is 0.496 e. The second-order valence-electron chi connectivity index (χ2n) is 4.92. The van der Waals surface area contributed by atoms with Gasteiger partial charge in [0.15, 0.2) is 11.5 Å². The van der Waals surface area contributed by atoms with Crippen molar-refractivity contribution in [3.05, 3.63) is 70.4 Å². The molecule has 8 heteroatoms. The molecule has 0 amide bonds. The maximum absolute atomic E-state index is 12.2. The van der Waals surface area contributed by atoms with E-state index in [-0.39, 0.29) is 22.9 Å². The van der Waals surface area contributed by atoms with Crippen LogP contribution in [-0.4, -0.2) is 23.2 Å². The second-order valence-corrected chi connectivity index (χ2v) is 4.92. The Balaban J connectivity index is 1.84. The molecule has 1 heterocycles. The molecule has 2 aromatic carbocycles. The van der Waals surface area contributed by atoms with Crippen LogP contribution in [0.4, 0.5) is 5.69 Å². The van der Waals surface area contributed by atoms with Crippen LogP contribution in [-0.2, 0) is 0 Å².